The number of hydrogen-bond donors (Lipinski definition) is 1. The summed E-state index contributed by atoms with van der Waals surface area (Å²) in [4.78, 5) is 7.22. The van der Waals surface area contributed by atoms with Crippen molar-refractivity contribution in [2.24, 2.45) is 40.3 Å². The normalized spacial score (nSPS) is 47.5. The van der Waals surface area contributed by atoms with Crippen molar-refractivity contribution in [1.82, 2.24) is 4.90 Å². The molecule has 0 aromatic rings. The lowest BCUT2D eigenvalue weighted by Crippen LogP contribution is -2.67. The number of nitrogens with two attached hydrogens (primary N) is 1. The lowest BCUT2D eigenvalue weighted by molar-refractivity contribution is -0.103. The van der Waals surface area contributed by atoms with Gasteiger partial charge in [0.05, 0.1) is 12.1 Å². The van der Waals surface area contributed by atoms with Crippen LogP contribution in [-0.4, -0.2) is 29.5 Å². The average molecular weight is 261 g/mol. The van der Waals surface area contributed by atoms with Crippen molar-refractivity contribution in [2.75, 3.05) is 13.1 Å². The fraction of sp³-hybridized carbons (Fsp3) is 0.938. The molecule has 0 saturated heterocycles. The third-order valence-corrected chi connectivity index (χ3v) is 6.37. The molecule has 3 heteroatoms. The Balaban J connectivity index is 1.69. The molecule has 0 radical (unpaired) electrons. The number of aliphatic imine (C=N–C) groups is 1. The van der Waals surface area contributed by atoms with E-state index < -0.39 is 0 Å². The smallest absolute Gasteiger partial charge is 0.191 e. The summed E-state index contributed by atoms with van der Waals surface area (Å²) in [5.41, 5.74) is 6.58. The Bertz CT molecular complexity index is 384. The van der Waals surface area contributed by atoms with Gasteiger partial charge in [0.2, 0.25) is 0 Å². The molecule has 1 aliphatic heterocycles. The highest BCUT2D eigenvalue weighted by molar-refractivity contribution is 5.81. The molecule has 1 spiro atoms. The summed E-state index contributed by atoms with van der Waals surface area (Å²) in [6, 6.07) is 0. The molecule has 0 aromatic heterocycles. The second-order valence-corrected chi connectivity index (χ2v) is 7.97. The van der Waals surface area contributed by atoms with E-state index in [2.05, 4.69) is 18.7 Å². The summed E-state index contributed by atoms with van der Waals surface area (Å²) < 4.78 is 0. The highest BCUT2D eigenvalue weighted by atomic mass is 15.4. The molecule has 0 atom stereocenters. The van der Waals surface area contributed by atoms with E-state index in [0.717, 1.165) is 42.7 Å². The van der Waals surface area contributed by atoms with Crippen molar-refractivity contribution >= 4 is 5.96 Å². The first-order chi connectivity index (χ1) is 9.09. The van der Waals surface area contributed by atoms with E-state index in [-0.39, 0.29) is 0 Å². The summed E-state index contributed by atoms with van der Waals surface area (Å²) >= 11 is 0. The Hall–Kier alpha value is -0.730. The minimum absolute atomic E-state index is 0.321. The third-order valence-electron chi connectivity index (χ3n) is 6.37. The first kappa shape index (κ1) is 12.0. The van der Waals surface area contributed by atoms with Crippen LogP contribution in [0.5, 0.6) is 0 Å². The summed E-state index contributed by atoms with van der Waals surface area (Å²) in [5.74, 6) is 5.29. The maximum atomic E-state index is 6.26. The molecule has 3 nitrogen and oxygen atoms in total. The lowest BCUT2D eigenvalue weighted by atomic mass is 9.48. The largest absolute Gasteiger partial charge is 0.370 e. The maximum Gasteiger partial charge on any atom is 0.191 e. The Morgan fingerprint density at radius 2 is 1.74 bits per heavy atom. The molecule has 5 rings (SSSR count). The van der Waals surface area contributed by atoms with E-state index >= 15 is 0 Å². The number of nitrogens with zero attached hydrogens (tertiary/aromatic N) is 2. The zero-order valence-electron chi connectivity index (χ0n) is 12.3. The van der Waals surface area contributed by atoms with Crippen molar-refractivity contribution in [2.45, 2.75) is 51.5 Å². The Morgan fingerprint density at radius 1 is 1.16 bits per heavy atom. The van der Waals surface area contributed by atoms with Gasteiger partial charge in [0.15, 0.2) is 5.96 Å². The van der Waals surface area contributed by atoms with Gasteiger partial charge in [-0.3, -0.25) is 4.99 Å². The molecule has 4 aliphatic carbocycles. The summed E-state index contributed by atoms with van der Waals surface area (Å²) in [7, 11) is 0. The molecule has 19 heavy (non-hydrogen) atoms. The van der Waals surface area contributed by atoms with Gasteiger partial charge in [-0.05, 0) is 61.7 Å². The van der Waals surface area contributed by atoms with Crippen LogP contribution in [0.15, 0.2) is 4.99 Å². The van der Waals surface area contributed by atoms with Crippen LogP contribution < -0.4 is 5.73 Å². The van der Waals surface area contributed by atoms with Crippen LogP contribution in [0, 0.1) is 29.6 Å². The van der Waals surface area contributed by atoms with Crippen molar-refractivity contribution in [3.05, 3.63) is 0 Å². The predicted molar refractivity (Wildman–Crippen MR) is 77.8 cm³/mol. The van der Waals surface area contributed by atoms with Gasteiger partial charge in [-0.1, -0.05) is 13.8 Å². The second kappa shape index (κ2) is 3.89. The summed E-state index contributed by atoms with van der Waals surface area (Å²) in [6.07, 6.45) is 7.31. The van der Waals surface area contributed by atoms with E-state index in [4.69, 9.17) is 10.7 Å². The topological polar surface area (TPSA) is 41.6 Å². The second-order valence-electron chi connectivity index (χ2n) is 7.97. The molecule has 0 amide bonds. The van der Waals surface area contributed by atoms with E-state index in [1.807, 2.05) is 0 Å². The highest BCUT2D eigenvalue weighted by Gasteiger charge is 2.61. The van der Waals surface area contributed by atoms with Crippen molar-refractivity contribution < 1.29 is 0 Å². The molecular weight excluding hydrogens is 234 g/mol. The summed E-state index contributed by atoms with van der Waals surface area (Å²) in [6.45, 7) is 6.68. The fourth-order valence-electron chi connectivity index (χ4n) is 5.92. The van der Waals surface area contributed by atoms with E-state index in [1.54, 1.807) is 0 Å². The van der Waals surface area contributed by atoms with Gasteiger partial charge >= 0.3 is 0 Å². The first-order valence-corrected chi connectivity index (χ1v) is 8.17. The Kier molecular flexibility index (Phi) is 2.47. The van der Waals surface area contributed by atoms with Crippen LogP contribution in [0.1, 0.15) is 46.0 Å². The fourth-order valence-corrected chi connectivity index (χ4v) is 5.92. The van der Waals surface area contributed by atoms with Crippen molar-refractivity contribution in [1.29, 1.82) is 0 Å². The minimum Gasteiger partial charge on any atom is -0.370 e. The number of guanidine groups is 1. The van der Waals surface area contributed by atoms with Crippen molar-refractivity contribution in [3.8, 4) is 0 Å². The molecular formula is C16H27N3. The zero-order valence-corrected chi connectivity index (χ0v) is 12.3. The van der Waals surface area contributed by atoms with Gasteiger partial charge in [-0.2, -0.15) is 0 Å². The monoisotopic (exact) mass is 261 g/mol. The molecule has 5 aliphatic rings. The van der Waals surface area contributed by atoms with E-state index in [1.165, 1.54) is 32.1 Å². The maximum absolute atomic E-state index is 6.26. The first-order valence-electron chi connectivity index (χ1n) is 8.17. The van der Waals surface area contributed by atoms with Crippen LogP contribution in [0.3, 0.4) is 0 Å². The summed E-state index contributed by atoms with van der Waals surface area (Å²) in [5, 5.41) is 0. The predicted octanol–water partition coefficient (Wildman–Crippen LogP) is 2.47. The minimum atomic E-state index is 0.321. The van der Waals surface area contributed by atoms with Crippen LogP contribution in [-0.2, 0) is 0 Å². The van der Waals surface area contributed by atoms with Crippen molar-refractivity contribution in [3.63, 3.8) is 0 Å². The standard InChI is InChI=1S/C16H27N3/c1-10(2)8-19-15(17)18-9-16(19)13-4-11-3-12(6-13)7-14(16)5-11/h10-14H,3-9H2,1-2H3,(H2,17,18). The number of rotatable bonds is 2. The molecule has 1 heterocycles. The van der Waals surface area contributed by atoms with Gasteiger partial charge in [-0.15, -0.1) is 0 Å². The van der Waals surface area contributed by atoms with Gasteiger partial charge in [0.1, 0.15) is 0 Å². The molecule has 4 saturated carbocycles. The van der Waals surface area contributed by atoms with Gasteiger partial charge in [-0.25, -0.2) is 0 Å². The Morgan fingerprint density at radius 3 is 2.26 bits per heavy atom. The molecule has 4 bridgehead atoms. The quantitative estimate of drug-likeness (QED) is 0.829. The van der Waals surface area contributed by atoms with Gasteiger partial charge in [0.25, 0.3) is 0 Å². The lowest BCUT2D eigenvalue weighted by Gasteiger charge is -2.62. The number of hydrogen-bond acceptors (Lipinski definition) is 3. The molecule has 4 fully saturated rings. The van der Waals surface area contributed by atoms with Crippen LogP contribution in [0.25, 0.3) is 0 Å². The van der Waals surface area contributed by atoms with E-state index in [9.17, 15) is 0 Å². The zero-order chi connectivity index (χ0) is 13.2. The van der Waals surface area contributed by atoms with Crippen LogP contribution in [0.4, 0.5) is 0 Å². The molecule has 106 valence electrons. The molecule has 2 N–H and O–H groups in total. The van der Waals surface area contributed by atoms with Crippen LogP contribution >= 0.6 is 0 Å². The average Bonchev–Trinajstić information content (AvgIpc) is 2.64. The SMILES string of the molecule is CC(C)CN1C(N)=NCC12C1CC3CC(C1)CC2C3. The van der Waals surface area contributed by atoms with Gasteiger partial charge in [0, 0.05) is 6.54 Å². The van der Waals surface area contributed by atoms with Gasteiger partial charge < -0.3 is 10.6 Å². The van der Waals surface area contributed by atoms with E-state index in [0.29, 0.717) is 11.5 Å². The molecule has 0 aromatic carbocycles. The Labute approximate surface area is 116 Å². The highest BCUT2D eigenvalue weighted by Crippen LogP contribution is 2.61. The van der Waals surface area contributed by atoms with Crippen LogP contribution in [0.2, 0.25) is 0 Å². The third kappa shape index (κ3) is 1.53. The molecule has 0 unspecified atom stereocenters.